The molecule has 0 radical (unpaired) electrons. The third kappa shape index (κ3) is 4.88. The molecule has 0 bridgehead atoms. The number of aromatic nitrogens is 4. The van der Waals surface area contributed by atoms with Crippen molar-refractivity contribution >= 4 is 5.78 Å². The van der Waals surface area contributed by atoms with Gasteiger partial charge in [0.1, 0.15) is 0 Å². The van der Waals surface area contributed by atoms with E-state index in [1.54, 1.807) is 0 Å². The van der Waals surface area contributed by atoms with Gasteiger partial charge in [-0.05, 0) is 30.7 Å². The monoisotopic (exact) mass is 441 g/mol. The molecule has 0 aliphatic carbocycles. The minimum atomic E-state index is -4.36. The summed E-state index contributed by atoms with van der Waals surface area (Å²) in [6, 6.07) is 16.0. The lowest BCUT2D eigenvalue weighted by Gasteiger charge is -2.21. The van der Waals surface area contributed by atoms with Crippen molar-refractivity contribution in [2.24, 2.45) is 0 Å². The number of halogens is 3. The number of hydrogen-bond donors (Lipinski definition) is 1. The fraction of sp³-hybridized carbons (Fsp3) is 0.261. The van der Waals surface area contributed by atoms with Crippen molar-refractivity contribution in [1.29, 1.82) is 0 Å². The van der Waals surface area contributed by atoms with E-state index in [4.69, 9.17) is 0 Å². The second-order valence-electron chi connectivity index (χ2n) is 7.56. The van der Waals surface area contributed by atoms with Crippen LogP contribution in [0.3, 0.4) is 0 Å². The van der Waals surface area contributed by atoms with Crippen LogP contribution in [0.15, 0.2) is 65.5 Å². The number of nitrogens with one attached hydrogen (secondary N) is 1. The van der Waals surface area contributed by atoms with Gasteiger partial charge in [-0.3, -0.25) is 14.8 Å². The van der Waals surface area contributed by atoms with Gasteiger partial charge in [0.05, 0.1) is 11.3 Å². The van der Waals surface area contributed by atoms with Gasteiger partial charge in [-0.25, -0.2) is 4.98 Å². The molecule has 1 N–H and O–H groups in total. The van der Waals surface area contributed by atoms with E-state index in [2.05, 4.69) is 15.1 Å². The van der Waals surface area contributed by atoms with Crippen LogP contribution in [-0.2, 0) is 19.3 Å². The maximum Gasteiger partial charge on any atom is 0.416 e. The first-order valence-electron chi connectivity index (χ1n) is 10.3. The molecule has 166 valence electrons. The first kappa shape index (κ1) is 21.8. The molecule has 2 aromatic carbocycles. The number of nitrogens with zero attached hydrogens (tertiary/aromatic N) is 4. The lowest BCUT2D eigenvalue weighted by atomic mass is 10.1. The van der Waals surface area contributed by atoms with E-state index in [0.717, 1.165) is 29.7 Å². The lowest BCUT2D eigenvalue weighted by Crippen LogP contribution is -2.26. The van der Waals surface area contributed by atoms with Gasteiger partial charge >= 0.3 is 6.18 Å². The molecule has 0 spiro atoms. The normalized spacial score (nSPS) is 12.0. The molecular weight excluding hydrogens is 419 g/mol. The molecule has 9 heteroatoms. The van der Waals surface area contributed by atoms with Crippen molar-refractivity contribution in [3.05, 3.63) is 87.8 Å². The molecule has 0 fully saturated rings. The highest BCUT2D eigenvalue weighted by molar-refractivity contribution is 5.56. The molecule has 4 rings (SSSR count). The first-order valence-corrected chi connectivity index (χ1v) is 10.3. The largest absolute Gasteiger partial charge is 0.416 e. The van der Waals surface area contributed by atoms with Gasteiger partial charge in [-0.15, -0.1) is 0 Å². The Morgan fingerprint density at radius 2 is 1.72 bits per heavy atom. The van der Waals surface area contributed by atoms with Gasteiger partial charge in [0.2, 0.25) is 0 Å². The second kappa shape index (κ2) is 8.96. The minimum Gasteiger partial charge on any atom is -0.293 e. The summed E-state index contributed by atoms with van der Waals surface area (Å²) in [6.45, 7) is 3.56. The molecule has 32 heavy (non-hydrogen) atoms. The zero-order valence-electron chi connectivity index (χ0n) is 17.4. The van der Waals surface area contributed by atoms with Crippen LogP contribution in [0.2, 0.25) is 0 Å². The van der Waals surface area contributed by atoms with Gasteiger partial charge in [0, 0.05) is 24.7 Å². The van der Waals surface area contributed by atoms with Crippen LogP contribution in [0, 0.1) is 0 Å². The van der Waals surface area contributed by atoms with Crippen LogP contribution < -0.4 is 5.56 Å². The summed E-state index contributed by atoms with van der Waals surface area (Å²) >= 11 is 0. The van der Waals surface area contributed by atoms with Gasteiger partial charge in [0.15, 0.2) is 5.82 Å². The van der Waals surface area contributed by atoms with E-state index in [9.17, 15) is 18.0 Å². The molecular formula is C23H22F3N5O. The van der Waals surface area contributed by atoms with E-state index >= 15 is 0 Å². The number of benzene rings is 2. The number of H-pyrrole nitrogens is 1. The Morgan fingerprint density at radius 3 is 2.38 bits per heavy atom. The molecule has 0 aliphatic heterocycles. The standard InChI is InChI=1S/C23H22F3N5O/c1-2-12-30(14-16-8-10-18(11-9-16)23(24,25)26)15-19-13-20(32)31-22(27-19)28-21(29-31)17-6-4-3-5-7-17/h3-11,13H,2,12,14-15H2,1H3,(H,27,28,29). The SMILES string of the molecule is CCCN(Cc1ccc(C(F)(F)F)cc1)Cc1cc(=O)n2[nH]c(-c3ccccc3)nc2n1. The molecule has 0 amide bonds. The van der Waals surface area contributed by atoms with E-state index in [0.29, 0.717) is 31.2 Å². The molecule has 2 heterocycles. The molecule has 0 atom stereocenters. The van der Waals surface area contributed by atoms with Crippen LogP contribution in [0.25, 0.3) is 17.2 Å². The summed E-state index contributed by atoms with van der Waals surface area (Å²) in [5.41, 5.74) is 1.22. The average Bonchev–Trinajstić information content (AvgIpc) is 3.19. The minimum absolute atomic E-state index is 0.273. The van der Waals surface area contributed by atoms with Gasteiger partial charge in [0.25, 0.3) is 11.3 Å². The number of aromatic amines is 1. The molecule has 4 aromatic rings. The lowest BCUT2D eigenvalue weighted by molar-refractivity contribution is -0.137. The average molecular weight is 441 g/mol. The summed E-state index contributed by atoms with van der Waals surface area (Å²) < 4.78 is 39.7. The fourth-order valence-electron chi connectivity index (χ4n) is 3.55. The Bertz CT molecular complexity index is 1250. The Labute approximate surface area is 182 Å². The van der Waals surface area contributed by atoms with E-state index in [1.807, 2.05) is 42.2 Å². The van der Waals surface area contributed by atoms with E-state index in [1.165, 1.54) is 22.7 Å². The topological polar surface area (TPSA) is 66.3 Å². The third-order valence-electron chi connectivity index (χ3n) is 5.04. The summed E-state index contributed by atoms with van der Waals surface area (Å²) in [4.78, 5) is 23.6. The van der Waals surface area contributed by atoms with Crippen molar-refractivity contribution in [2.45, 2.75) is 32.6 Å². The quantitative estimate of drug-likeness (QED) is 0.458. The molecule has 0 saturated carbocycles. The molecule has 6 nitrogen and oxygen atoms in total. The predicted octanol–water partition coefficient (Wildman–Crippen LogP) is 4.52. The van der Waals surface area contributed by atoms with Crippen molar-refractivity contribution in [3.8, 4) is 11.4 Å². The summed E-state index contributed by atoms with van der Waals surface area (Å²) in [7, 11) is 0. The predicted molar refractivity (Wildman–Crippen MR) is 115 cm³/mol. The molecule has 0 saturated heterocycles. The summed E-state index contributed by atoms with van der Waals surface area (Å²) in [5.74, 6) is 0.819. The first-order chi connectivity index (χ1) is 15.3. The maximum absolute atomic E-state index is 12.8. The number of hydrogen-bond acceptors (Lipinski definition) is 4. The maximum atomic E-state index is 12.8. The van der Waals surface area contributed by atoms with Gasteiger partial charge in [-0.1, -0.05) is 49.4 Å². The number of alkyl halides is 3. The van der Waals surface area contributed by atoms with Crippen LogP contribution in [0.4, 0.5) is 13.2 Å². The summed E-state index contributed by atoms with van der Waals surface area (Å²) in [5, 5.41) is 2.97. The molecule has 0 aliphatic rings. The van der Waals surface area contributed by atoms with Crippen molar-refractivity contribution < 1.29 is 13.2 Å². The third-order valence-corrected chi connectivity index (χ3v) is 5.04. The van der Waals surface area contributed by atoms with Crippen LogP contribution in [0.5, 0.6) is 0 Å². The van der Waals surface area contributed by atoms with Gasteiger partial charge in [-0.2, -0.15) is 22.7 Å². The van der Waals surface area contributed by atoms with Crippen LogP contribution >= 0.6 is 0 Å². The Balaban J connectivity index is 1.56. The fourth-order valence-corrected chi connectivity index (χ4v) is 3.55. The van der Waals surface area contributed by atoms with Crippen molar-refractivity contribution in [3.63, 3.8) is 0 Å². The van der Waals surface area contributed by atoms with Crippen LogP contribution in [-0.4, -0.2) is 31.0 Å². The Kier molecular flexibility index (Phi) is 6.09. The highest BCUT2D eigenvalue weighted by atomic mass is 19.4. The number of rotatable bonds is 7. The highest BCUT2D eigenvalue weighted by Gasteiger charge is 2.30. The molecule has 2 aromatic heterocycles. The highest BCUT2D eigenvalue weighted by Crippen LogP contribution is 2.29. The van der Waals surface area contributed by atoms with Gasteiger partial charge < -0.3 is 0 Å². The number of fused-ring (bicyclic) bond motifs is 1. The summed E-state index contributed by atoms with van der Waals surface area (Å²) in [6.07, 6.45) is -3.51. The van der Waals surface area contributed by atoms with E-state index in [-0.39, 0.29) is 11.3 Å². The second-order valence-corrected chi connectivity index (χ2v) is 7.56. The molecule has 0 unspecified atom stereocenters. The zero-order valence-corrected chi connectivity index (χ0v) is 17.4. The van der Waals surface area contributed by atoms with E-state index < -0.39 is 11.7 Å². The zero-order chi connectivity index (χ0) is 22.7. The van der Waals surface area contributed by atoms with Crippen molar-refractivity contribution in [2.75, 3.05) is 6.54 Å². The Hall–Kier alpha value is -3.46. The van der Waals surface area contributed by atoms with Crippen molar-refractivity contribution in [1.82, 2.24) is 24.5 Å². The Morgan fingerprint density at radius 1 is 1.00 bits per heavy atom. The van der Waals surface area contributed by atoms with Crippen LogP contribution in [0.1, 0.15) is 30.2 Å². The smallest absolute Gasteiger partial charge is 0.293 e.